The second-order valence-electron chi connectivity index (χ2n) is 5.39. The number of carbonyl (C=O) groups excluding carboxylic acids is 1. The third-order valence-corrected chi connectivity index (χ3v) is 3.25. The molecule has 0 bridgehead atoms. The standard InChI is InChI=1S/C9H11NO3.C9H8O4/c10-8(9(12)13)5-6-1-3-7(11)4-2-6;10-7-3-1-6(2-4-7)5-8(11)9(12)13/h1-4,8,11H,5,10H2,(H,12,13);1-4,10H,5H2,(H,12,13). The van der Waals surface area contributed by atoms with Crippen LogP contribution in [0.25, 0.3) is 0 Å². The first-order valence-corrected chi connectivity index (χ1v) is 7.49. The number of carbonyl (C=O) groups is 3. The largest absolute Gasteiger partial charge is 0.508 e. The molecule has 0 aromatic heterocycles. The quantitative estimate of drug-likeness (QED) is 0.475. The number of carboxylic acids is 2. The van der Waals surface area contributed by atoms with E-state index in [1.807, 2.05) is 0 Å². The normalized spacial score (nSPS) is 11.0. The molecule has 0 spiro atoms. The molecule has 8 nitrogen and oxygen atoms in total. The van der Waals surface area contributed by atoms with E-state index in [9.17, 15) is 14.4 Å². The summed E-state index contributed by atoms with van der Waals surface area (Å²) in [4.78, 5) is 31.3. The summed E-state index contributed by atoms with van der Waals surface area (Å²) in [7, 11) is 0. The fourth-order valence-electron chi connectivity index (χ4n) is 1.85. The van der Waals surface area contributed by atoms with Crippen molar-refractivity contribution in [1.29, 1.82) is 0 Å². The van der Waals surface area contributed by atoms with Crippen molar-refractivity contribution in [3.8, 4) is 11.5 Å². The maximum atomic E-state index is 10.7. The topological polar surface area (TPSA) is 158 Å². The van der Waals surface area contributed by atoms with E-state index in [0.717, 1.165) is 5.56 Å². The van der Waals surface area contributed by atoms with Crippen LogP contribution < -0.4 is 5.73 Å². The Labute approximate surface area is 149 Å². The average Bonchev–Trinajstić information content (AvgIpc) is 2.59. The predicted octanol–water partition coefficient (Wildman–Crippen LogP) is 0.935. The van der Waals surface area contributed by atoms with Gasteiger partial charge in [0.2, 0.25) is 5.78 Å². The molecule has 6 N–H and O–H groups in total. The Hall–Kier alpha value is -3.39. The molecular formula is C18H19NO7. The molecule has 0 heterocycles. The minimum Gasteiger partial charge on any atom is -0.508 e. The summed E-state index contributed by atoms with van der Waals surface area (Å²) >= 11 is 0. The van der Waals surface area contributed by atoms with Crippen molar-refractivity contribution < 1.29 is 34.8 Å². The molecule has 138 valence electrons. The number of hydrogen-bond acceptors (Lipinski definition) is 6. The molecule has 0 saturated carbocycles. The van der Waals surface area contributed by atoms with Crippen LogP contribution in [-0.2, 0) is 27.2 Å². The molecule has 0 aliphatic carbocycles. The number of aliphatic carboxylic acids is 2. The summed E-state index contributed by atoms with van der Waals surface area (Å²) in [6.07, 6.45) is 0.130. The Morgan fingerprint density at radius 2 is 1.23 bits per heavy atom. The number of nitrogens with two attached hydrogens (primary N) is 1. The zero-order chi connectivity index (χ0) is 19.7. The Morgan fingerprint density at radius 3 is 1.62 bits per heavy atom. The minimum absolute atomic E-state index is 0.0894. The van der Waals surface area contributed by atoms with Gasteiger partial charge in [-0.2, -0.15) is 0 Å². The Balaban J connectivity index is 0.000000260. The zero-order valence-corrected chi connectivity index (χ0v) is 13.7. The van der Waals surface area contributed by atoms with E-state index in [0.29, 0.717) is 5.56 Å². The van der Waals surface area contributed by atoms with Gasteiger partial charge in [-0.25, -0.2) is 4.79 Å². The SMILES string of the molecule is NC(Cc1ccc(O)cc1)C(=O)O.O=C(O)C(=O)Cc1ccc(O)cc1. The number of ketones is 1. The number of rotatable bonds is 6. The van der Waals surface area contributed by atoms with Crippen LogP contribution in [0.2, 0.25) is 0 Å². The smallest absolute Gasteiger partial charge is 0.372 e. The van der Waals surface area contributed by atoms with Gasteiger partial charge in [0.25, 0.3) is 0 Å². The lowest BCUT2D eigenvalue weighted by atomic mass is 10.1. The summed E-state index contributed by atoms with van der Waals surface area (Å²) < 4.78 is 0. The van der Waals surface area contributed by atoms with Crippen molar-refractivity contribution in [3.05, 3.63) is 59.7 Å². The van der Waals surface area contributed by atoms with E-state index in [4.69, 9.17) is 26.2 Å². The van der Waals surface area contributed by atoms with E-state index in [2.05, 4.69) is 0 Å². The summed E-state index contributed by atoms with van der Waals surface area (Å²) in [5.74, 6) is -3.06. The Bertz CT molecular complexity index is 754. The molecule has 0 radical (unpaired) electrons. The minimum atomic E-state index is -1.44. The fraction of sp³-hybridized carbons (Fsp3) is 0.167. The van der Waals surface area contributed by atoms with E-state index >= 15 is 0 Å². The third-order valence-electron chi connectivity index (χ3n) is 3.25. The van der Waals surface area contributed by atoms with Gasteiger partial charge >= 0.3 is 11.9 Å². The van der Waals surface area contributed by atoms with Crippen LogP contribution in [0.1, 0.15) is 11.1 Å². The Morgan fingerprint density at radius 1 is 0.808 bits per heavy atom. The number of aromatic hydroxyl groups is 2. The van der Waals surface area contributed by atoms with Gasteiger partial charge in [0.1, 0.15) is 17.5 Å². The first-order chi connectivity index (χ1) is 12.2. The molecule has 0 aliphatic rings. The maximum absolute atomic E-state index is 10.7. The number of carboxylic acid groups (broad SMARTS) is 2. The van der Waals surface area contributed by atoms with Crippen molar-refractivity contribution in [2.75, 3.05) is 0 Å². The average molecular weight is 361 g/mol. The summed E-state index contributed by atoms with van der Waals surface area (Å²) in [5.41, 5.74) is 6.70. The summed E-state index contributed by atoms with van der Waals surface area (Å²) in [5, 5.41) is 34.7. The van der Waals surface area contributed by atoms with E-state index < -0.39 is 23.8 Å². The van der Waals surface area contributed by atoms with Crippen molar-refractivity contribution in [3.63, 3.8) is 0 Å². The van der Waals surface area contributed by atoms with Crippen LogP contribution in [0.3, 0.4) is 0 Å². The maximum Gasteiger partial charge on any atom is 0.372 e. The number of Topliss-reactive ketones (excluding diaryl/α,β-unsaturated/α-hetero) is 1. The van der Waals surface area contributed by atoms with Crippen molar-refractivity contribution in [2.45, 2.75) is 18.9 Å². The van der Waals surface area contributed by atoms with Gasteiger partial charge in [-0.05, 0) is 41.8 Å². The molecular weight excluding hydrogens is 342 g/mol. The highest BCUT2D eigenvalue weighted by atomic mass is 16.4. The molecule has 26 heavy (non-hydrogen) atoms. The third kappa shape index (κ3) is 7.45. The lowest BCUT2D eigenvalue weighted by molar-refractivity contribution is -0.148. The molecule has 0 aliphatic heterocycles. The molecule has 0 saturated heterocycles. The Kier molecular flexibility index (Phi) is 7.78. The van der Waals surface area contributed by atoms with Crippen LogP contribution in [-0.4, -0.2) is 44.2 Å². The highest BCUT2D eigenvalue weighted by Gasteiger charge is 2.12. The summed E-state index contributed by atoms with van der Waals surface area (Å²) in [6, 6.07) is 11.3. The summed E-state index contributed by atoms with van der Waals surface area (Å²) in [6.45, 7) is 0. The number of phenolic OH excluding ortho intramolecular Hbond substituents is 2. The molecule has 2 rings (SSSR count). The van der Waals surface area contributed by atoms with Gasteiger partial charge < -0.3 is 26.2 Å². The predicted molar refractivity (Wildman–Crippen MR) is 91.9 cm³/mol. The van der Waals surface area contributed by atoms with Crippen molar-refractivity contribution in [1.82, 2.24) is 0 Å². The lowest BCUT2D eigenvalue weighted by Gasteiger charge is -2.05. The zero-order valence-electron chi connectivity index (χ0n) is 13.7. The highest BCUT2D eigenvalue weighted by molar-refractivity contribution is 6.33. The highest BCUT2D eigenvalue weighted by Crippen LogP contribution is 2.11. The number of benzene rings is 2. The van der Waals surface area contributed by atoms with Crippen LogP contribution >= 0.6 is 0 Å². The van der Waals surface area contributed by atoms with Crippen molar-refractivity contribution in [2.24, 2.45) is 5.73 Å². The van der Waals surface area contributed by atoms with Gasteiger partial charge in [-0.1, -0.05) is 24.3 Å². The second kappa shape index (κ2) is 9.80. The van der Waals surface area contributed by atoms with Gasteiger partial charge in [0, 0.05) is 6.42 Å². The van der Waals surface area contributed by atoms with Crippen LogP contribution in [0.4, 0.5) is 0 Å². The van der Waals surface area contributed by atoms with Gasteiger partial charge in [-0.3, -0.25) is 9.59 Å². The van der Waals surface area contributed by atoms with Gasteiger partial charge in [0.05, 0.1) is 0 Å². The van der Waals surface area contributed by atoms with E-state index in [1.165, 1.54) is 36.4 Å². The van der Waals surface area contributed by atoms with E-state index in [1.54, 1.807) is 12.1 Å². The number of phenols is 2. The van der Waals surface area contributed by atoms with Gasteiger partial charge in [0.15, 0.2) is 0 Å². The van der Waals surface area contributed by atoms with Crippen LogP contribution in [0.15, 0.2) is 48.5 Å². The van der Waals surface area contributed by atoms with Gasteiger partial charge in [-0.15, -0.1) is 0 Å². The lowest BCUT2D eigenvalue weighted by Crippen LogP contribution is -2.32. The molecule has 1 unspecified atom stereocenters. The second-order valence-corrected chi connectivity index (χ2v) is 5.39. The first kappa shape index (κ1) is 20.7. The fourth-order valence-corrected chi connectivity index (χ4v) is 1.85. The van der Waals surface area contributed by atoms with Crippen LogP contribution in [0.5, 0.6) is 11.5 Å². The molecule has 8 heteroatoms. The molecule has 1 atom stereocenters. The number of hydrogen-bond donors (Lipinski definition) is 5. The molecule has 2 aromatic carbocycles. The molecule has 2 aromatic rings. The van der Waals surface area contributed by atoms with Crippen LogP contribution in [0, 0.1) is 0 Å². The van der Waals surface area contributed by atoms with Crippen molar-refractivity contribution >= 4 is 17.7 Å². The van der Waals surface area contributed by atoms with E-state index in [-0.39, 0.29) is 24.3 Å². The molecule has 0 fully saturated rings. The monoisotopic (exact) mass is 361 g/mol. The first-order valence-electron chi connectivity index (χ1n) is 7.49. The molecule has 0 amide bonds.